The van der Waals surface area contributed by atoms with Crippen LogP contribution in [0.1, 0.15) is 36.1 Å². The van der Waals surface area contributed by atoms with Gasteiger partial charge in [-0.05, 0) is 37.3 Å². The molecule has 3 heterocycles. The number of hydrogen-bond acceptors (Lipinski definition) is 12. The average molecular weight is 710 g/mol. The maximum absolute atomic E-state index is 9.06. The molecule has 2 aliphatic heterocycles. The zero-order valence-electron chi connectivity index (χ0n) is 27.0. The lowest BCUT2D eigenvalue weighted by Gasteiger charge is -2.41. The number of benzene rings is 1. The highest BCUT2D eigenvalue weighted by molar-refractivity contribution is 7.44. The highest BCUT2D eigenvalue weighted by Crippen LogP contribution is 2.36. The fourth-order valence-electron chi connectivity index (χ4n) is 5.26. The Morgan fingerprint density at radius 1 is 1.00 bits per heavy atom. The second kappa shape index (κ2) is 21.4. The van der Waals surface area contributed by atoms with Crippen molar-refractivity contribution in [3.05, 3.63) is 41.6 Å². The van der Waals surface area contributed by atoms with Crippen LogP contribution in [0.5, 0.6) is 5.75 Å². The smallest absolute Gasteiger partial charge is 0.192 e. The lowest BCUT2D eigenvalue weighted by Crippen LogP contribution is -2.48. The van der Waals surface area contributed by atoms with Crippen LogP contribution >= 0.6 is 20.0 Å². The molecule has 16 heteroatoms. The molecule has 264 valence electrons. The summed E-state index contributed by atoms with van der Waals surface area (Å²) < 4.78 is 40.5. The second-order valence-corrected chi connectivity index (χ2v) is 12.1. The molecule has 2 atom stereocenters. The molecule has 2 saturated heterocycles. The van der Waals surface area contributed by atoms with Crippen molar-refractivity contribution < 1.29 is 42.9 Å². The number of likely N-dealkylation sites (tertiary alicyclic amines) is 1. The van der Waals surface area contributed by atoms with Gasteiger partial charge in [-0.3, -0.25) is 4.99 Å². The number of alkyl halides is 1. The summed E-state index contributed by atoms with van der Waals surface area (Å²) in [5, 5.41) is 4.56. The molecule has 48 heavy (non-hydrogen) atoms. The topological polar surface area (TPSA) is 151 Å². The average Bonchev–Trinajstić information content (AvgIpc) is 3.71. The van der Waals surface area contributed by atoms with E-state index in [-0.39, 0.29) is 31.3 Å². The third-order valence-electron chi connectivity index (χ3n) is 7.57. The van der Waals surface area contributed by atoms with Crippen LogP contribution in [0.25, 0.3) is 0 Å². The maximum Gasteiger partial charge on any atom is 0.192 e. The van der Waals surface area contributed by atoms with Gasteiger partial charge in [-0.25, -0.2) is 9.67 Å². The van der Waals surface area contributed by atoms with Crippen molar-refractivity contribution >= 4 is 38.3 Å². The van der Waals surface area contributed by atoms with Gasteiger partial charge >= 0.3 is 0 Å². The molecular formula is C32H45ClN5O9P. The fourth-order valence-corrected chi connectivity index (χ4v) is 5.64. The predicted octanol–water partition coefficient (Wildman–Crippen LogP) is 3.28. The predicted molar refractivity (Wildman–Crippen MR) is 182 cm³/mol. The summed E-state index contributed by atoms with van der Waals surface area (Å²) in [5.41, 5.74) is 1.95. The van der Waals surface area contributed by atoms with Gasteiger partial charge in [0.2, 0.25) is 0 Å². The Kier molecular flexibility index (Phi) is 17.0. The number of halogens is 1. The van der Waals surface area contributed by atoms with E-state index in [1.165, 1.54) is 5.56 Å². The number of hydrogen-bond donors (Lipinski definition) is 2. The summed E-state index contributed by atoms with van der Waals surface area (Å²) in [6.07, 6.45) is 7.67. The van der Waals surface area contributed by atoms with E-state index in [0.29, 0.717) is 83.5 Å². The van der Waals surface area contributed by atoms with Crippen molar-refractivity contribution in [1.29, 1.82) is 0 Å². The first kappa shape index (κ1) is 38.1. The minimum Gasteiger partial charge on any atom is -0.491 e. The lowest BCUT2D eigenvalue weighted by atomic mass is 9.91. The highest BCUT2D eigenvalue weighted by atomic mass is 35.5. The summed E-state index contributed by atoms with van der Waals surface area (Å²) in [7, 11) is -2.09. The Bertz CT molecular complexity index is 1300. The van der Waals surface area contributed by atoms with Crippen molar-refractivity contribution in [1.82, 2.24) is 14.7 Å². The van der Waals surface area contributed by atoms with Gasteiger partial charge in [0.15, 0.2) is 20.4 Å². The Morgan fingerprint density at radius 3 is 2.29 bits per heavy atom. The Hall–Kier alpha value is -2.67. The lowest BCUT2D eigenvalue weighted by molar-refractivity contribution is -0.0392. The zero-order valence-corrected chi connectivity index (χ0v) is 28.7. The highest BCUT2D eigenvalue weighted by Gasteiger charge is 2.35. The number of ether oxygens (including phenoxy) is 7. The molecule has 0 spiro atoms. The molecule has 2 aromatic rings. The molecule has 0 bridgehead atoms. The van der Waals surface area contributed by atoms with Crippen molar-refractivity contribution in [3.8, 4) is 18.1 Å². The van der Waals surface area contributed by atoms with Gasteiger partial charge in [-0.1, -0.05) is 18.1 Å². The maximum atomic E-state index is 9.06. The van der Waals surface area contributed by atoms with Crippen LogP contribution < -0.4 is 4.74 Å². The monoisotopic (exact) mass is 709 g/mol. The summed E-state index contributed by atoms with van der Waals surface area (Å²) in [5.74, 6) is 4.79. The van der Waals surface area contributed by atoms with Gasteiger partial charge in [0.05, 0.1) is 70.7 Å². The molecule has 0 saturated carbocycles. The number of amidine groups is 1. The molecule has 2 fully saturated rings. The number of terminal acetylenes is 1. The van der Waals surface area contributed by atoms with Crippen LogP contribution in [0.3, 0.4) is 0 Å². The van der Waals surface area contributed by atoms with Gasteiger partial charge in [0.1, 0.15) is 37.2 Å². The minimum absolute atomic E-state index is 0.0957. The van der Waals surface area contributed by atoms with Crippen molar-refractivity contribution in [2.45, 2.75) is 31.1 Å². The van der Waals surface area contributed by atoms with Gasteiger partial charge in [-0.2, -0.15) is 5.10 Å². The molecule has 14 nitrogen and oxygen atoms in total. The molecule has 4 rings (SSSR count). The third-order valence-corrected chi connectivity index (χ3v) is 8.10. The van der Waals surface area contributed by atoms with Crippen LogP contribution in [-0.2, 0) is 28.4 Å². The minimum atomic E-state index is -2.09. The molecule has 0 amide bonds. The third kappa shape index (κ3) is 12.0. The van der Waals surface area contributed by atoms with Crippen molar-refractivity contribution in [3.63, 3.8) is 0 Å². The number of aliphatic imine (C=N–C) groups is 2. The van der Waals surface area contributed by atoms with E-state index < -0.39 is 8.38 Å². The van der Waals surface area contributed by atoms with E-state index in [1.807, 2.05) is 12.1 Å². The Morgan fingerprint density at radius 2 is 1.67 bits per heavy atom. The number of aromatic nitrogens is 2. The Labute approximate surface area is 287 Å². The molecule has 1 aromatic carbocycles. The first-order valence-electron chi connectivity index (χ1n) is 15.8. The van der Waals surface area contributed by atoms with E-state index >= 15 is 0 Å². The quantitative estimate of drug-likeness (QED) is 0.0333. The second-order valence-electron chi connectivity index (χ2n) is 10.9. The van der Waals surface area contributed by atoms with E-state index in [2.05, 4.69) is 44.8 Å². The summed E-state index contributed by atoms with van der Waals surface area (Å²) in [6, 6.07) is 8.22. The number of rotatable bonds is 23. The van der Waals surface area contributed by atoms with Gasteiger partial charge in [0.25, 0.3) is 0 Å². The van der Waals surface area contributed by atoms with Crippen LogP contribution in [0.4, 0.5) is 5.82 Å². The largest absolute Gasteiger partial charge is 0.491 e. The standard InChI is InChI=1S/C32H45ClN5O9P/c1-3-10-41-11-12-42-13-14-43-15-16-44-17-18-46-27-6-4-25(5-7-27)26-20-37(21-26)32(35-23-33)29-19-36-38(31(29)34-2)30-9-8-28(47-30)22-45-24-48(39)40/h1,4-7,19,26,28,30,39-40H,2,8-18,20-24H2/b35-32+. The molecule has 2 aliphatic rings. The van der Waals surface area contributed by atoms with Crippen molar-refractivity contribution in [2.24, 2.45) is 9.98 Å². The van der Waals surface area contributed by atoms with Gasteiger partial charge in [-0.15, -0.1) is 18.0 Å². The van der Waals surface area contributed by atoms with Gasteiger partial charge < -0.3 is 47.8 Å². The first-order valence-corrected chi connectivity index (χ1v) is 17.8. The molecule has 2 N–H and O–H groups in total. The summed E-state index contributed by atoms with van der Waals surface area (Å²) >= 11 is 6.08. The normalized spacial score (nSPS) is 18.3. The Balaban J connectivity index is 1.15. The van der Waals surface area contributed by atoms with Crippen molar-refractivity contribution in [2.75, 3.05) is 91.5 Å². The zero-order chi connectivity index (χ0) is 34.0. The van der Waals surface area contributed by atoms with Crippen LogP contribution in [0.15, 0.2) is 40.4 Å². The number of nitrogens with zero attached hydrogens (tertiary/aromatic N) is 5. The molecule has 1 aromatic heterocycles. The van der Waals surface area contributed by atoms with E-state index in [4.69, 9.17) is 61.0 Å². The van der Waals surface area contributed by atoms with E-state index in [1.54, 1.807) is 10.9 Å². The summed E-state index contributed by atoms with van der Waals surface area (Å²) in [6.45, 7) is 9.70. The SMILES string of the molecule is C#CCOCCOCCOCCOCCOc1ccc(C2CN(/C(=N/CCl)c3cnn(C4CCC(COCP(O)O)O4)c3N=C)C2)cc1. The molecule has 0 aliphatic carbocycles. The first-order chi connectivity index (χ1) is 23.5. The summed E-state index contributed by atoms with van der Waals surface area (Å²) in [4.78, 5) is 29.1. The fraction of sp³-hybridized carbons (Fsp3) is 0.594. The van der Waals surface area contributed by atoms with E-state index in [9.17, 15) is 0 Å². The van der Waals surface area contributed by atoms with Crippen LogP contribution in [0.2, 0.25) is 0 Å². The molecule has 2 unspecified atom stereocenters. The molecular weight excluding hydrogens is 665 g/mol. The van der Waals surface area contributed by atoms with Crippen LogP contribution in [-0.4, -0.2) is 135 Å². The van der Waals surface area contributed by atoms with Crippen LogP contribution in [0, 0.1) is 12.3 Å². The van der Waals surface area contributed by atoms with E-state index in [0.717, 1.165) is 30.8 Å². The van der Waals surface area contributed by atoms with Gasteiger partial charge in [0, 0.05) is 19.0 Å². The molecule has 0 radical (unpaired) electrons.